The maximum Gasteiger partial charge on any atom is 0.244 e. The van der Waals surface area contributed by atoms with Crippen LogP contribution in [-0.4, -0.2) is 40.4 Å². The van der Waals surface area contributed by atoms with Crippen molar-refractivity contribution in [1.29, 1.82) is 0 Å². The van der Waals surface area contributed by atoms with Crippen molar-refractivity contribution in [2.24, 2.45) is 0 Å². The van der Waals surface area contributed by atoms with Gasteiger partial charge in [-0.1, -0.05) is 18.2 Å². The molecule has 0 saturated carbocycles. The van der Waals surface area contributed by atoms with E-state index in [4.69, 9.17) is 18.9 Å². The molecule has 0 unspecified atom stereocenters. The molecule has 2 aromatic rings. The number of nitrogens with one attached hydrogen (secondary N) is 1. The van der Waals surface area contributed by atoms with E-state index in [0.717, 1.165) is 17.7 Å². The molecule has 0 heterocycles. The van der Waals surface area contributed by atoms with Gasteiger partial charge in [-0.15, -0.1) is 0 Å². The molecule has 2 aromatic carbocycles. The van der Waals surface area contributed by atoms with Crippen molar-refractivity contribution >= 4 is 12.0 Å². The molecule has 0 radical (unpaired) electrons. The van der Waals surface area contributed by atoms with E-state index in [1.54, 1.807) is 39.5 Å². The van der Waals surface area contributed by atoms with Gasteiger partial charge in [0, 0.05) is 12.6 Å². The highest BCUT2D eigenvalue weighted by atomic mass is 16.5. The summed E-state index contributed by atoms with van der Waals surface area (Å²) in [6.45, 7) is 1.08. The lowest BCUT2D eigenvalue weighted by atomic mass is 10.1. The zero-order valence-electron chi connectivity index (χ0n) is 15.9. The summed E-state index contributed by atoms with van der Waals surface area (Å²) in [6, 6.07) is 13.1. The van der Waals surface area contributed by atoms with Crippen molar-refractivity contribution in [1.82, 2.24) is 5.32 Å². The van der Waals surface area contributed by atoms with Crippen molar-refractivity contribution in [3.63, 3.8) is 0 Å². The highest BCUT2D eigenvalue weighted by Crippen LogP contribution is 2.38. The summed E-state index contributed by atoms with van der Waals surface area (Å²) in [6.07, 6.45) is 3.89. The Hall–Kier alpha value is -3.15. The van der Waals surface area contributed by atoms with Crippen molar-refractivity contribution in [3.05, 3.63) is 54.1 Å². The molecule has 6 nitrogen and oxygen atoms in total. The number of carbonyl (C=O) groups is 1. The number of methoxy groups -OCH3 is 3. The lowest BCUT2D eigenvalue weighted by molar-refractivity contribution is -0.116. The van der Waals surface area contributed by atoms with Crippen LogP contribution >= 0.6 is 0 Å². The molecular weight excluding hydrogens is 346 g/mol. The van der Waals surface area contributed by atoms with E-state index in [2.05, 4.69) is 5.32 Å². The van der Waals surface area contributed by atoms with E-state index < -0.39 is 0 Å². The standard InChI is InChI=1S/C21H25NO5/c1-24-18-14-16(15-19(25-2)21(18)26-3)10-11-20(23)22-12-7-13-27-17-8-5-4-6-9-17/h4-6,8-11,14-15H,7,12-13H2,1-3H3,(H,22,23)/b11-10+. The molecular formula is C21H25NO5. The van der Waals surface area contributed by atoms with E-state index in [1.165, 1.54) is 6.08 Å². The molecule has 144 valence electrons. The van der Waals surface area contributed by atoms with Crippen molar-refractivity contribution in [2.45, 2.75) is 6.42 Å². The minimum absolute atomic E-state index is 0.177. The normalized spacial score (nSPS) is 10.5. The summed E-state index contributed by atoms with van der Waals surface area (Å²) in [5, 5.41) is 2.83. The second-order valence-electron chi connectivity index (χ2n) is 5.60. The topological polar surface area (TPSA) is 66.0 Å². The third-order valence-electron chi connectivity index (χ3n) is 3.75. The summed E-state index contributed by atoms with van der Waals surface area (Å²) in [5.41, 5.74) is 0.770. The zero-order chi connectivity index (χ0) is 19.5. The molecule has 0 bridgehead atoms. The van der Waals surface area contributed by atoms with Crippen LogP contribution in [-0.2, 0) is 4.79 Å². The lowest BCUT2D eigenvalue weighted by Gasteiger charge is -2.12. The fourth-order valence-electron chi connectivity index (χ4n) is 2.42. The lowest BCUT2D eigenvalue weighted by Crippen LogP contribution is -2.23. The van der Waals surface area contributed by atoms with Gasteiger partial charge in [0.1, 0.15) is 5.75 Å². The Morgan fingerprint density at radius 1 is 1.00 bits per heavy atom. The van der Waals surface area contributed by atoms with Crippen LogP contribution in [0.15, 0.2) is 48.5 Å². The van der Waals surface area contributed by atoms with Gasteiger partial charge in [-0.3, -0.25) is 4.79 Å². The Labute approximate surface area is 159 Å². The highest BCUT2D eigenvalue weighted by Gasteiger charge is 2.12. The number of ether oxygens (including phenoxy) is 4. The number of para-hydroxylation sites is 1. The Balaban J connectivity index is 1.82. The summed E-state index contributed by atoms with van der Waals surface area (Å²) in [7, 11) is 4.65. The number of hydrogen-bond acceptors (Lipinski definition) is 5. The van der Waals surface area contributed by atoms with Crippen molar-refractivity contribution < 1.29 is 23.7 Å². The Morgan fingerprint density at radius 3 is 2.26 bits per heavy atom. The van der Waals surface area contributed by atoms with Crippen LogP contribution in [0.5, 0.6) is 23.0 Å². The van der Waals surface area contributed by atoms with Crippen LogP contribution in [0, 0.1) is 0 Å². The van der Waals surface area contributed by atoms with Gasteiger partial charge in [-0.25, -0.2) is 0 Å². The number of hydrogen-bond donors (Lipinski definition) is 1. The minimum Gasteiger partial charge on any atom is -0.494 e. The molecule has 0 saturated heterocycles. The largest absolute Gasteiger partial charge is 0.494 e. The molecule has 0 atom stereocenters. The summed E-state index contributed by atoms with van der Waals surface area (Å²) >= 11 is 0. The maximum absolute atomic E-state index is 12.0. The Bertz CT molecular complexity index is 733. The van der Waals surface area contributed by atoms with Crippen LogP contribution in [0.4, 0.5) is 0 Å². The fraction of sp³-hybridized carbons (Fsp3) is 0.286. The average molecular weight is 371 g/mol. The van der Waals surface area contributed by atoms with Crippen LogP contribution in [0.3, 0.4) is 0 Å². The third kappa shape index (κ3) is 6.26. The molecule has 0 aliphatic heterocycles. The summed E-state index contributed by atoms with van der Waals surface area (Å²) in [4.78, 5) is 12.0. The smallest absolute Gasteiger partial charge is 0.244 e. The molecule has 27 heavy (non-hydrogen) atoms. The average Bonchev–Trinajstić information content (AvgIpc) is 2.71. The predicted octanol–water partition coefficient (Wildman–Crippen LogP) is 3.31. The van der Waals surface area contributed by atoms with Crippen LogP contribution < -0.4 is 24.3 Å². The van der Waals surface area contributed by atoms with Crippen molar-refractivity contribution in [3.8, 4) is 23.0 Å². The molecule has 0 aromatic heterocycles. The molecule has 2 rings (SSSR count). The number of carbonyl (C=O) groups excluding carboxylic acids is 1. The fourth-order valence-corrected chi connectivity index (χ4v) is 2.42. The van der Waals surface area contributed by atoms with Crippen molar-refractivity contribution in [2.75, 3.05) is 34.5 Å². The van der Waals surface area contributed by atoms with E-state index >= 15 is 0 Å². The first-order chi connectivity index (χ1) is 13.2. The first-order valence-corrected chi connectivity index (χ1v) is 8.61. The third-order valence-corrected chi connectivity index (χ3v) is 3.75. The minimum atomic E-state index is -0.177. The van der Waals surface area contributed by atoms with Gasteiger partial charge < -0.3 is 24.3 Å². The second kappa shape index (κ2) is 10.8. The highest BCUT2D eigenvalue weighted by molar-refractivity contribution is 5.91. The van der Waals surface area contributed by atoms with Gasteiger partial charge in [0.05, 0.1) is 27.9 Å². The molecule has 1 amide bonds. The number of rotatable bonds is 10. The molecule has 0 aliphatic carbocycles. The number of amides is 1. The first-order valence-electron chi connectivity index (χ1n) is 8.61. The molecule has 0 aliphatic rings. The van der Waals surface area contributed by atoms with Gasteiger partial charge in [-0.05, 0) is 42.3 Å². The monoisotopic (exact) mass is 371 g/mol. The van der Waals surface area contributed by atoms with E-state index in [1.807, 2.05) is 30.3 Å². The van der Waals surface area contributed by atoms with Crippen LogP contribution in [0.1, 0.15) is 12.0 Å². The Kier molecular flexibility index (Phi) is 8.03. The Morgan fingerprint density at radius 2 is 1.67 bits per heavy atom. The molecule has 6 heteroatoms. The van der Waals surface area contributed by atoms with Crippen LogP contribution in [0.25, 0.3) is 6.08 Å². The predicted molar refractivity (Wildman–Crippen MR) is 105 cm³/mol. The summed E-state index contributed by atoms with van der Waals surface area (Å²) < 4.78 is 21.5. The second-order valence-corrected chi connectivity index (χ2v) is 5.60. The quantitative estimate of drug-likeness (QED) is 0.513. The van der Waals surface area contributed by atoms with E-state index in [-0.39, 0.29) is 5.91 Å². The first kappa shape index (κ1) is 20.2. The number of benzene rings is 2. The van der Waals surface area contributed by atoms with Gasteiger partial charge >= 0.3 is 0 Å². The SMILES string of the molecule is COc1cc(/C=C/C(=O)NCCCOc2ccccc2)cc(OC)c1OC. The van der Waals surface area contributed by atoms with Gasteiger partial charge in [0.15, 0.2) is 11.5 Å². The van der Waals surface area contributed by atoms with E-state index in [9.17, 15) is 4.79 Å². The molecule has 0 spiro atoms. The van der Waals surface area contributed by atoms with Gasteiger partial charge in [0.25, 0.3) is 0 Å². The van der Waals surface area contributed by atoms with E-state index in [0.29, 0.717) is 30.4 Å². The zero-order valence-corrected chi connectivity index (χ0v) is 15.9. The van der Waals surface area contributed by atoms with Crippen LogP contribution in [0.2, 0.25) is 0 Å². The summed E-state index contributed by atoms with van der Waals surface area (Å²) in [5.74, 6) is 2.24. The molecule has 0 fully saturated rings. The van der Waals surface area contributed by atoms with Gasteiger partial charge in [-0.2, -0.15) is 0 Å². The maximum atomic E-state index is 12.0. The molecule has 1 N–H and O–H groups in total. The van der Waals surface area contributed by atoms with Gasteiger partial charge in [0.2, 0.25) is 11.7 Å².